The van der Waals surface area contributed by atoms with E-state index in [0.717, 1.165) is 5.84 Å². The molecule has 1 amide bonds. The third kappa shape index (κ3) is 1.10. The highest BCUT2D eigenvalue weighted by Crippen LogP contribution is 2.58. The van der Waals surface area contributed by atoms with Gasteiger partial charge in [-0.05, 0) is 18.3 Å². The molecule has 0 bridgehead atoms. The van der Waals surface area contributed by atoms with Crippen LogP contribution in [0.15, 0.2) is 4.99 Å². The first-order valence-corrected chi connectivity index (χ1v) is 4.92. The van der Waals surface area contributed by atoms with Crippen molar-refractivity contribution in [1.82, 2.24) is 5.32 Å². The van der Waals surface area contributed by atoms with Crippen LogP contribution in [0.3, 0.4) is 0 Å². The number of amides is 1. The summed E-state index contributed by atoms with van der Waals surface area (Å²) in [6, 6.07) is 0. The molecule has 3 nitrogen and oxygen atoms in total. The molecule has 1 N–H and O–H groups in total. The molecule has 1 aliphatic carbocycles. The van der Waals surface area contributed by atoms with Gasteiger partial charge in [0.25, 0.3) is 0 Å². The van der Waals surface area contributed by atoms with E-state index in [1.807, 2.05) is 0 Å². The second-order valence-electron chi connectivity index (χ2n) is 4.51. The highest BCUT2D eigenvalue weighted by molar-refractivity contribution is 6.08. The summed E-state index contributed by atoms with van der Waals surface area (Å²) in [6.07, 6.45) is 1.17. The highest BCUT2D eigenvalue weighted by atomic mass is 16.2. The molecular weight excluding hydrogens is 164 g/mol. The van der Waals surface area contributed by atoms with E-state index in [1.54, 1.807) is 0 Å². The van der Waals surface area contributed by atoms with Crippen LogP contribution >= 0.6 is 0 Å². The lowest BCUT2D eigenvalue weighted by Gasteiger charge is -2.20. The molecule has 0 radical (unpaired) electrons. The molecule has 0 aromatic carbocycles. The van der Waals surface area contributed by atoms with Crippen molar-refractivity contribution in [2.24, 2.45) is 22.2 Å². The summed E-state index contributed by atoms with van der Waals surface area (Å²) in [5, 5.41) is 2.88. The fraction of sp³-hybridized carbons (Fsp3) is 0.800. The van der Waals surface area contributed by atoms with E-state index in [4.69, 9.17) is 0 Å². The zero-order chi connectivity index (χ0) is 9.64. The molecule has 1 heterocycles. The standard InChI is InChI=1S/C10H16N2O/c1-6(2)10(4-7(10)3)9-11-5-8(13)12-9/h6-7H,4-5H2,1-3H3,(H,11,12,13). The maximum atomic E-state index is 11.0. The topological polar surface area (TPSA) is 41.5 Å². The lowest BCUT2D eigenvalue weighted by molar-refractivity contribution is -0.117. The van der Waals surface area contributed by atoms with Crippen LogP contribution < -0.4 is 5.32 Å². The molecule has 2 rings (SSSR count). The molecule has 0 aromatic rings. The molecule has 2 atom stereocenters. The number of carbonyl (C=O) groups excluding carboxylic acids is 1. The van der Waals surface area contributed by atoms with Crippen LogP contribution in [0.25, 0.3) is 0 Å². The lowest BCUT2D eigenvalue weighted by atomic mass is 9.88. The Morgan fingerprint density at radius 1 is 1.62 bits per heavy atom. The molecule has 3 heteroatoms. The van der Waals surface area contributed by atoms with Crippen LogP contribution in [0.5, 0.6) is 0 Å². The Morgan fingerprint density at radius 2 is 2.23 bits per heavy atom. The Hall–Kier alpha value is -0.860. The predicted molar refractivity (Wildman–Crippen MR) is 51.5 cm³/mol. The molecule has 1 fully saturated rings. The van der Waals surface area contributed by atoms with E-state index >= 15 is 0 Å². The van der Waals surface area contributed by atoms with Gasteiger partial charge in [0.05, 0.1) is 0 Å². The van der Waals surface area contributed by atoms with Crippen molar-refractivity contribution in [3.63, 3.8) is 0 Å². The largest absolute Gasteiger partial charge is 0.312 e. The van der Waals surface area contributed by atoms with Crippen LogP contribution in [-0.4, -0.2) is 18.3 Å². The van der Waals surface area contributed by atoms with E-state index in [-0.39, 0.29) is 11.3 Å². The maximum Gasteiger partial charge on any atom is 0.247 e. The zero-order valence-electron chi connectivity index (χ0n) is 8.42. The second-order valence-corrected chi connectivity index (χ2v) is 4.51. The van der Waals surface area contributed by atoms with Gasteiger partial charge in [0.15, 0.2) is 0 Å². The highest BCUT2D eigenvalue weighted by Gasteiger charge is 2.58. The summed E-state index contributed by atoms with van der Waals surface area (Å²) in [7, 11) is 0. The molecule has 1 aliphatic heterocycles. The van der Waals surface area contributed by atoms with Crippen LogP contribution in [0.4, 0.5) is 0 Å². The van der Waals surface area contributed by atoms with Crippen LogP contribution in [0, 0.1) is 17.3 Å². The van der Waals surface area contributed by atoms with Gasteiger partial charge in [-0.2, -0.15) is 0 Å². The van der Waals surface area contributed by atoms with Crippen LogP contribution in [0.2, 0.25) is 0 Å². The van der Waals surface area contributed by atoms with Crippen molar-refractivity contribution in [3.8, 4) is 0 Å². The Balaban J connectivity index is 2.20. The quantitative estimate of drug-likeness (QED) is 0.681. The van der Waals surface area contributed by atoms with Gasteiger partial charge in [-0.1, -0.05) is 20.8 Å². The average molecular weight is 180 g/mol. The number of carbonyl (C=O) groups is 1. The monoisotopic (exact) mass is 180 g/mol. The zero-order valence-corrected chi connectivity index (χ0v) is 8.42. The van der Waals surface area contributed by atoms with E-state index in [0.29, 0.717) is 18.4 Å². The molecule has 2 aliphatic rings. The number of nitrogens with one attached hydrogen (secondary N) is 1. The SMILES string of the molecule is CC(C)C1(C2=NCC(=O)N2)CC1C. The summed E-state index contributed by atoms with van der Waals surface area (Å²) in [5.41, 5.74) is 0.187. The van der Waals surface area contributed by atoms with Crippen molar-refractivity contribution < 1.29 is 4.79 Å². The summed E-state index contributed by atoms with van der Waals surface area (Å²) >= 11 is 0. The third-order valence-electron chi connectivity index (χ3n) is 3.47. The maximum absolute atomic E-state index is 11.0. The molecule has 0 spiro atoms. The van der Waals surface area contributed by atoms with E-state index < -0.39 is 0 Å². The molecule has 72 valence electrons. The van der Waals surface area contributed by atoms with Gasteiger partial charge in [0, 0.05) is 5.41 Å². The van der Waals surface area contributed by atoms with Crippen molar-refractivity contribution in [2.45, 2.75) is 27.2 Å². The minimum atomic E-state index is 0.0501. The van der Waals surface area contributed by atoms with E-state index in [1.165, 1.54) is 6.42 Å². The first-order chi connectivity index (χ1) is 6.07. The predicted octanol–water partition coefficient (Wildman–Crippen LogP) is 1.20. The number of rotatable bonds is 2. The molecule has 1 saturated carbocycles. The van der Waals surface area contributed by atoms with Gasteiger partial charge in [-0.3, -0.25) is 9.79 Å². The van der Waals surface area contributed by atoms with Crippen molar-refractivity contribution in [1.29, 1.82) is 0 Å². The van der Waals surface area contributed by atoms with E-state index in [2.05, 4.69) is 31.1 Å². The Morgan fingerprint density at radius 3 is 2.54 bits per heavy atom. The minimum absolute atomic E-state index is 0.0501. The van der Waals surface area contributed by atoms with Gasteiger partial charge >= 0.3 is 0 Å². The van der Waals surface area contributed by atoms with Crippen molar-refractivity contribution >= 4 is 11.7 Å². The van der Waals surface area contributed by atoms with Crippen molar-refractivity contribution in [2.75, 3.05) is 6.54 Å². The third-order valence-corrected chi connectivity index (χ3v) is 3.47. The van der Waals surface area contributed by atoms with Crippen LogP contribution in [-0.2, 0) is 4.79 Å². The molecule has 0 aromatic heterocycles. The lowest BCUT2D eigenvalue weighted by Crippen LogP contribution is -2.35. The van der Waals surface area contributed by atoms with Gasteiger partial charge in [0.2, 0.25) is 5.91 Å². The number of hydrogen-bond donors (Lipinski definition) is 1. The average Bonchev–Trinajstić information content (AvgIpc) is 2.53. The number of aliphatic imine (C=N–C) groups is 1. The van der Waals surface area contributed by atoms with Crippen molar-refractivity contribution in [3.05, 3.63) is 0 Å². The number of hydrogen-bond acceptors (Lipinski definition) is 2. The Labute approximate surface area is 78.6 Å². The first kappa shape index (κ1) is 8.73. The second kappa shape index (κ2) is 2.56. The molecule has 2 unspecified atom stereocenters. The summed E-state index contributed by atoms with van der Waals surface area (Å²) in [5.74, 6) is 2.23. The fourth-order valence-electron chi connectivity index (χ4n) is 2.48. The van der Waals surface area contributed by atoms with Gasteiger partial charge in [-0.25, -0.2) is 0 Å². The number of nitrogens with zero attached hydrogens (tertiary/aromatic N) is 1. The Kier molecular flexibility index (Phi) is 1.72. The number of amidine groups is 1. The molecule has 0 saturated heterocycles. The van der Waals surface area contributed by atoms with Crippen LogP contribution in [0.1, 0.15) is 27.2 Å². The summed E-state index contributed by atoms with van der Waals surface area (Å²) < 4.78 is 0. The first-order valence-electron chi connectivity index (χ1n) is 4.92. The Bertz CT molecular complexity index is 283. The smallest absolute Gasteiger partial charge is 0.247 e. The molecule has 13 heavy (non-hydrogen) atoms. The molecular formula is C10H16N2O. The summed E-state index contributed by atoms with van der Waals surface area (Å²) in [4.78, 5) is 15.3. The van der Waals surface area contributed by atoms with Gasteiger partial charge < -0.3 is 5.32 Å². The summed E-state index contributed by atoms with van der Waals surface area (Å²) in [6.45, 7) is 6.97. The van der Waals surface area contributed by atoms with Gasteiger partial charge in [-0.15, -0.1) is 0 Å². The minimum Gasteiger partial charge on any atom is -0.312 e. The normalized spacial score (nSPS) is 37.7. The fourth-order valence-corrected chi connectivity index (χ4v) is 2.48. The van der Waals surface area contributed by atoms with E-state index in [9.17, 15) is 4.79 Å². The van der Waals surface area contributed by atoms with Gasteiger partial charge in [0.1, 0.15) is 12.4 Å².